The van der Waals surface area contributed by atoms with Gasteiger partial charge in [-0.2, -0.15) is 0 Å². The SMILES string of the molecule is CC(=O)O[C@H]1[C@H](OC(C)=O)CSC(Oc2cccnc2-c2ccccc2)[C@@H]1OC(C)=O. The number of hydrogen-bond donors (Lipinski definition) is 0. The summed E-state index contributed by atoms with van der Waals surface area (Å²) >= 11 is 1.30. The minimum absolute atomic E-state index is 0.293. The van der Waals surface area contributed by atoms with Gasteiger partial charge in [0, 0.05) is 38.3 Å². The van der Waals surface area contributed by atoms with E-state index in [2.05, 4.69) is 4.98 Å². The second-order valence-electron chi connectivity index (χ2n) is 6.83. The Morgan fingerprint density at radius 1 is 0.871 bits per heavy atom. The highest BCUT2D eigenvalue weighted by atomic mass is 32.2. The molecule has 4 atom stereocenters. The lowest BCUT2D eigenvalue weighted by atomic mass is 10.1. The first-order valence-corrected chi connectivity index (χ1v) is 10.7. The molecule has 0 spiro atoms. The third kappa shape index (κ3) is 5.97. The molecule has 2 heterocycles. The smallest absolute Gasteiger partial charge is 0.303 e. The second kappa shape index (κ2) is 10.3. The minimum atomic E-state index is -1.01. The van der Waals surface area contributed by atoms with Crippen LogP contribution in [0.15, 0.2) is 48.7 Å². The summed E-state index contributed by atoms with van der Waals surface area (Å²) in [5.74, 6) is -0.912. The first-order valence-electron chi connectivity index (χ1n) is 9.65. The number of nitrogens with zero attached hydrogens (tertiary/aromatic N) is 1. The number of esters is 3. The molecule has 3 rings (SSSR count). The average molecular weight is 445 g/mol. The van der Waals surface area contributed by atoms with Gasteiger partial charge in [0.05, 0.1) is 0 Å². The molecular weight excluding hydrogens is 422 g/mol. The van der Waals surface area contributed by atoms with Gasteiger partial charge in [0.1, 0.15) is 11.4 Å². The molecule has 164 valence electrons. The fourth-order valence-corrected chi connectivity index (χ4v) is 4.44. The van der Waals surface area contributed by atoms with E-state index in [4.69, 9.17) is 18.9 Å². The van der Waals surface area contributed by atoms with E-state index in [9.17, 15) is 14.4 Å². The van der Waals surface area contributed by atoms with E-state index in [1.165, 1.54) is 32.5 Å². The molecule has 0 bridgehead atoms. The van der Waals surface area contributed by atoms with E-state index >= 15 is 0 Å². The maximum atomic E-state index is 11.8. The van der Waals surface area contributed by atoms with Crippen molar-refractivity contribution in [1.29, 1.82) is 0 Å². The van der Waals surface area contributed by atoms with Crippen molar-refractivity contribution >= 4 is 29.7 Å². The number of carbonyl (C=O) groups is 3. The lowest BCUT2D eigenvalue weighted by molar-refractivity contribution is -0.186. The average Bonchev–Trinajstić information content (AvgIpc) is 2.72. The summed E-state index contributed by atoms with van der Waals surface area (Å²) in [6.07, 6.45) is -1.12. The molecule has 1 fully saturated rings. The molecule has 9 heteroatoms. The highest BCUT2D eigenvalue weighted by molar-refractivity contribution is 7.99. The molecule has 1 unspecified atom stereocenters. The molecule has 31 heavy (non-hydrogen) atoms. The Kier molecular flexibility index (Phi) is 7.51. The zero-order chi connectivity index (χ0) is 22.4. The largest absolute Gasteiger partial charge is 0.473 e. The van der Waals surface area contributed by atoms with Gasteiger partial charge in [0.25, 0.3) is 0 Å². The number of pyridine rings is 1. The van der Waals surface area contributed by atoms with Crippen LogP contribution in [-0.4, -0.2) is 52.4 Å². The number of aromatic nitrogens is 1. The molecule has 2 aromatic rings. The van der Waals surface area contributed by atoms with Crippen molar-refractivity contribution in [3.63, 3.8) is 0 Å². The van der Waals surface area contributed by atoms with Crippen LogP contribution in [0.5, 0.6) is 5.75 Å². The number of hydrogen-bond acceptors (Lipinski definition) is 9. The third-order valence-electron chi connectivity index (χ3n) is 4.37. The number of rotatable bonds is 6. The van der Waals surface area contributed by atoms with Crippen LogP contribution in [0.2, 0.25) is 0 Å². The summed E-state index contributed by atoms with van der Waals surface area (Å²) in [5, 5.41) is 0. The maximum Gasteiger partial charge on any atom is 0.303 e. The third-order valence-corrected chi connectivity index (χ3v) is 5.58. The van der Waals surface area contributed by atoms with Crippen LogP contribution in [0, 0.1) is 0 Å². The van der Waals surface area contributed by atoms with E-state index in [1.54, 1.807) is 18.3 Å². The van der Waals surface area contributed by atoms with Crippen molar-refractivity contribution in [2.45, 2.75) is 44.5 Å². The fourth-order valence-electron chi connectivity index (χ4n) is 3.23. The van der Waals surface area contributed by atoms with Gasteiger partial charge in [0.2, 0.25) is 0 Å². The monoisotopic (exact) mass is 445 g/mol. The van der Waals surface area contributed by atoms with Crippen LogP contribution >= 0.6 is 11.8 Å². The van der Waals surface area contributed by atoms with Gasteiger partial charge in [-0.15, -0.1) is 11.8 Å². The van der Waals surface area contributed by atoms with Gasteiger partial charge in [-0.3, -0.25) is 19.4 Å². The van der Waals surface area contributed by atoms with Crippen LogP contribution in [0.1, 0.15) is 20.8 Å². The standard InChI is InChI=1S/C22H23NO7S/c1-13(24)27-18-12-31-22(21(29-15(3)26)20(18)28-14(2)25)30-17-10-7-11-23-19(17)16-8-5-4-6-9-16/h4-11,18,20-22H,12H2,1-3H3/t18-,20+,21-,22?/m1/s1. The van der Waals surface area contributed by atoms with Crippen molar-refractivity contribution in [3.8, 4) is 17.0 Å². The Bertz CT molecular complexity index is 936. The Hall–Kier alpha value is -3.07. The van der Waals surface area contributed by atoms with Crippen LogP contribution in [0.3, 0.4) is 0 Å². The first kappa shape index (κ1) is 22.6. The molecular formula is C22H23NO7S. The summed E-state index contributed by atoms with van der Waals surface area (Å²) in [6, 6.07) is 13.0. The zero-order valence-corrected chi connectivity index (χ0v) is 18.2. The molecule has 0 amide bonds. The lowest BCUT2D eigenvalue weighted by Crippen LogP contribution is -2.55. The van der Waals surface area contributed by atoms with E-state index < -0.39 is 41.7 Å². The normalized spacial score (nSPS) is 22.8. The van der Waals surface area contributed by atoms with Crippen LogP contribution in [0.4, 0.5) is 0 Å². The van der Waals surface area contributed by atoms with E-state index in [1.807, 2.05) is 30.3 Å². The summed E-state index contributed by atoms with van der Waals surface area (Å²) in [4.78, 5) is 39.5. The van der Waals surface area contributed by atoms with Crippen LogP contribution in [-0.2, 0) is 28.6 Å². The summed E-state index contributed by atoms with van der Waals surface area (Å²) in [6.45, 7) is 3.75. The number of thioether (sulfide) groups is 1. The Labute approximate surface area is 184 Å². The topological polar surface area (TPSA) is 101 Å². The summed E-state index contributed by atoms with van der Waals surface area (Å²) in [7, 11) is 0. The molecule has 0 N–H and O–H groups in total. The van der Waals surface area contributed by atoms with Crippen molar-refractivity contribution in [3.05, 3.63) is 48.7 Å². The molecule has 1 aromatic heterocycles. The minimum Gasteiger partial charge on any atom is -0.473 e. The van der Waals surface area contributed by atoms with Crippen molar-refractivity contribution in [1.82, 2.24) is 4.98 Å². The molecule has 1 aromatic carbocycles. The van der Waals surface area contributed by atoms with E-state index in [-0.39, 0.29) is 0 Å². The molecule has 0 saturated carbocycles. The van der Waals surface area contributed by atoms with Gasteiger partial charge in [-0.25, -0.2) is 0 Å². The molecule has 1 saturated heterocycles. The highest BCUT2D eigenvalue weighted by Gasteiger charge is 2.47. The lowest BCUT2D eigenvalue weighted by Gasteiger charge is -2.40. The van der Waals surface area contributed by atoms with E-state index in [0.29, 0.717) is 17.2 Å². The Morgan fingerprint density at radius 2 is 1.52 bits per heavy atom. The Balaban J connectivity index is 1.92. The first-order chi connectivity index (χ1) is 14.8. The molecule has 0 radical (unpaired) electrons. The molecule has 1 aliphatic heterocycles. The van der Waals surface area contributed by atoms with Gasteiger partial charge in [-0.05, 0) is 12.1 Å². The molecule has 8 nitrogen and oxygen atoms in total. The van der Waals surface area contributed by atoms with Gasteiger partial charge < -0.3 is 18.9 Å². The van der Waals surface area contributed by atoms with Crippen LogP contribution < -0.4 is 4.74 Å². The van der Waals surface area contributed by atoms with Crippen LogP contribution in [0.25, 0.3) is 11.3 Å². The van der Waals surface area contributed by atoms with Gasteiger partial charge in [0.15, 0.2) is 23.7 Å². The number of ether oxygens (including phenoxy) is 4. The Morgan fingerprint density at radius 3 is 2.16 bits per heavy atom. The summed E-state index contributed by atoms with van der Waals surface area (Å²) in [5.41, 5.74) is 0.764. The van der Waals surface area contributed by atoms with Crippen molar-refractivity contribution in [2.24, 2.45) is 0 Å². The maximum absolute atomic E-state index is 11.8. The number of benzene rings is 1. The van der Waals surface area contributed by atoms with Crippen molar-refractivity contribution in [2.75, 3.05) is 5.75 Å². The fraction of sp³-hybridized carbons (Fsp3) is 0.364. The second-order valence-corrected chi connectivity index (χ2v) is 7.96. The van der Waals surface area contributed by atoms with Gasteiger partial charge >= 0.3 is 17.9 Å². The molecule has 0 aliphatic carbocycles. The summed E-state index contributed by atoms with van der Waals surface area (Å²) < 4.78 is 22.4. The van der Waals surface area contributed by atoms with E-state index in [0.717, 1.165) is 5.56 Å². The predicted molar refractivity (Wildman–Crippen MR) is 113 cm³/mol. The number of carbonyl (C=O) groups excluding carboxylic acids is 3. The molecule has 1 aliphatic rings. The highest BCUT2D eigenvalue weighted by Crippen LogP contribution is 2.36. The quantitative estimate of drug-likeness (QED) is 0.490. The van der Waals surface area contributed by atoms with Crippen molar-refractivity contribution < 1.29 is 33.3 Å². The predicted octanol–water partition coefficient (Wildman–Crippen LogP) is 3.00. The van der Waals surface area contributed by atoms with Gasteiger partial charge in [-0.1, -0.05) is 30.3 Å². The zero-order valence-electron chi connectivity index (χ0n) is 17.3.